The molecule has 0 aliphatic heterocycles. The van der Waals surface area contributed by atoms with Crippen LogP contribution in [0.3, 0.4) is 0 Å². The van der Waals surface area contributed by atoms with Crippen molar-refractivity contribution in [3.63, 3.8) is 0 Å². The van der Waals surface area contributed by atoms with Gasteiger partial charge in [0.1, 0.15) is 30.1 Å². The fourth-order valence-electron chi connectivity index (χ4n) is 12.0. The Morgan fingerprint density at radius 2 is 1.65 bits per heavy atom. The molecular formula is C45H72N4O11. The number of hydrogen-bond acceptors (Lipinski definition) is 12. The maximum Gasteiger partial charge on any atom is 0.323 e. The molecule has 338 valence electrons. The molecule has 9 N–H and O–H groups in total. The van der Waals surface area contributed by atoms with Crippen molar-refractivity contribution in [1.82, 2.24) is 5.32 Å². The zero-order valence-electron chi connectivity index (χ0n) is 36.5. The average molecular weight is 845 g/mol. The number of aliphatic hydroxyl groups is 2. The summed E-state index contributed by atoms with van der Waals surface area (Å²) >= 11 is 0. The molecule has 4 aliphatic carbocycles. The summed E-state index contributed by atoms with van der Waals surface area (Å²) in [5.41, 5.74) is 10.5. The summed E-state index contributed by atoms with van der Waals surface area (Å²) in [5.74, 6) is -1.28. The van der Waals surface area contributed by atoms with Crippen LogP contribution in [-0.2, 0) is 28.6 Å². The highest BCUT2D eigenvalue weighted by Gasteiger charge is 2.64. The highest BCUT2D eigenvalue weighted by molar-refractivity contribution is 6.02. The van der Waals surface area contributed by atoms with E-state index in [-0.39, 0.29) is 85.2 Å². The number of primary amides is 1. The average Bonchev–Trinajstić information content (AvgIpc) is 3.57. The number of rotatable bonds is 21. The molecule has 0 heterocycles. The predicted molar refractivity (Wildman–Crippen MR) is 225 cm³/mol. The van der Waals surface area contributed by atoms with Crippen LogP contribution in [0, 0.1) is 40.4 Å². The molecule has 3 amide bonds. The van der Waals surface area contributed by atoms with Gasteiger partial charge < -0.3 is 56.4 Å². The number of carbonyl (C=O) groups is 4. The van der Waals surface area contributed by atoms with E-state index in [4.69, 9.17) is 30.4 Å². The molecule has 15 nitrogen and oxygen atoms in total. The molecule has 0 aromatic heterocycles. The lowest BCUT2D eigenvalue weighted by Crippen LogP contribution is -2.59. The van der Waals surface area contributed by atoms with Crippen LogP contribution >= 0.6 is 0 Å². The molecule has 1 aromatic carbocycles. The summed E-state index contributed by atoms with van der Waals surface area (Å²) in [6.45, 7) is 9.25. The van der Waals surface area contributed by atoms with E-state index in [9.17, 15) is 34.5 Å². The number of phenols is 1. The SMILES string of the molecule is CCCCCC[C@](C)(O)[C@H]1CC[C@H]2[C@@H]3C[C@H](O)[C@H]4C[C@@H](OC(=O)[C@@H](N)CC(=O)NCCOCCOCC(=O)Nc5ccc(OC)c(C(N)=O)c5O)CC[C@]4(C)[C@H]3CC[C@@]21C. The first kappa shape index (κ1) is 47.5. The number of aromatic hydroxyl groups is 1. The number of benzene rings is 1. The number of anilines is 1. The summed E-state index contributed by atoms with van der Waals surface area (Å²) in [6, 6.07) is 1.63. The van der Waals surface area contributed by atoms with Gasteiger partial charge in [0.05, 0.1) is 50.7 Å². The van der Waals surface area contributed by atoms with Crippen LogP contribution in [0.5, 0.6) is 11.5 Å². The fraction of sp³-hybridized carbons (Fsp3) is 0.778. The van der Waals surface area contributed by atoms with Gasteiger partial charge in [0.2, 0.25) is 11.8 Å². The summed E-state index contributed by atoms with van der Waals surface area (Å²) in [4.78, 5) is 49.5. The van der Waals surface area contributed by atoms with Gasteiger partial charge in [-0.3, -0.25) is 19.2 Å². The third kappa shape index (κ3) is 10.7. The number of fused-ring (bicyclic) bond motifs is 5. The number of unbranched alkanes of at least 4 members (excludes halogenated alkanes) is 3. The fourth-order valence-corrected chi connectivity index (χ4v) is 12.0. The van der Waals surface area contributed by atoms with Gasteiger partial charge in [0.25, 0.3) is 5.91 Å². The minimum atomic E-state index is -1.13. The standard InChI is InChI=1S/C45H72N4O11/c1-6-7-8-9-16-45(4,56)36-13-10-29-28-24-34(50)31-23-27(14-17-43(31,2)30(28)15-18-44(29,36)3)60-42(55)32(46)25-37(51)48-19-20-58-21-22-59-26-38(52)49-33-11-12-35(57-5)39(40(33)53)41(47)54/h11-12,27-32,34,36,50,53,56H,6-10,13-26,46H2,1-5H3,(H2,47,54)(H,48,51)(H,49,52)/t27-,28-,29-,30-,31+,32-,34-,36-,43+,44-,45-/m0/s1. The predicted octanol–water partition coefficient (Wildman–Crippen LogP) is 4.57. The number of aliphatic hydroxyl groups excluding tert-OH is 1. The van der Waals surface area contributed by atoms with Crippen molar-refractivity contribution in [2.75, 3.05) is 45.4 Å². The lowest BCUT2D eigenvalue weighted by Gasteiger charge is -2.62. The molecule has 15 heteroatoms. The van der Waals surface area contributed by atoms with Gasteiger partial charge in [-0.1, -0.05) is 46.5 Å². The second kappa shape index (κ2) is 20.6. The molecule has 0 radical (unpaired) electrons. The zero-order chi connectivity index (χ0) is 43.8. The maximum absolute atomic E-state index is 13.1. The van der Waals surface area contributed by atoms with Crippen molar-refractivity contribution in [3.05, 3.63) is 17.7 Å². The minimum Gasteiger partial charge on any atom is -0.505 e. The molecule has 1 aromatic rings. The number of nitrogens with one attached hydrogen (secondary N) is 2. The minimum absolute atomic E-state index is 0.0162. The smallest absolute Gasteiger partial charge is 0.323 e. The van der Waals surface area contributed by atoms with Crippen molar-refractivity contribution < 1.29 is 53.4 Å². The molecule has 0 bridgehead atoms. The number of esters is 1. The van der Waals surface area contributed by atoms with Crippen molar-refractivity contribution in [3.8, 4) is 11.5 Å². The second-order valence-electron chi connectivity index (χ2n) is 18.7. The van der Waals surface area contributed by atoms with Crippen molar-refractivity contribution in [2.24, 2.45) is 51.9 Å². The number of nitrogens with two attached hydrogens (primary N) is 2. The normalized spacial score (nSPS) is 31.1. The topological polar surface area (TPSA) is 242 Å². The quantitative estimate of drug-likeness (QED) is 0.0512. The van der Waals surface area contributed by atoms with Crippen LogP contribution in [-0.4, -0.2) is 103 Å². The Labute approximate surface area is 355 Å². The second-order valence-corrected chi connectivity index (χ2v) is 18.7. The third-order valence-electron chi connectivity index (χ3n) is 15.0. The molecule has 11 atom stereocenters. The molecular weight excluding hydrogens is 773 g/mol. The first-order valence-corrected chi connectivity index (χ1v) is 22.2. The Bertz CT molecular complexity index is 1660. The van der Waals surface area contributed by atoms with E-state index >= 15 is 0 Å². The summed E-state index contributed by atoms with van der Waals surface area (Å²) in [7, 11) is 1.32. The molecule has 4 saturated carbocycles. The first-order chi connectivity index (χ1) is 28.5. The van der Waals surface area contributed by atoms with Crippen molar-refractivity contribution in [2.45, 2.75) is 141 Å². The van der Waals surface area contributed by atoms with Gasteiger partial charge >= 0.3 is 5.97 Å². The lowest BCUT2D eigenvalue weighted by atomic mass is 9.43. The van der Waals surface area contributed by atoms with Gasteiger partial charge in [-0.05, 0) is 117 Å². The number of hydrogen-bond donors (Lipinski definition) is 7. The van der Waals surface area contributed by atoms with E-state index in [0.29, 0.717) is 30.6 Å². The molecule has 4 fully saturated rings. The Hall–Kier alpha value is -3.50. The van der Waals surface area contributed by atoms with Gasteiger partial charge in [-0.2, -0.15) is 0 Å². The first-order valence-electron chi connectivity index (χ1n) is 22.2. The number of ether oxygens (including phenoxy) is 4. The van der Waals surface area contributed by atoms with Gasteiger partial charge in [-0.25, -0.2) is 0 Å². The van der Waals surface area contributed by atoms with Gasteiger partial charge in [0.15, 0.2) is 5.75 Å². The highest BCUT2D eigenvalue weighted by Crippen LogP contribution is 2.69. The van der Waals surface area contributed by atoms with Crippen LogP contribution in [0.4, 0.5) is 5.69 Å². The van der Waals surface area contributed by atoms with Crippen LogP contribution < -0.4 is 26.8 Å². The van der Waals surface area contributed by atoms with E-state index in [0.717, 1.165) is 51.4 Å². The third-order valence-corrected chi connectivity index (χ3v) is 15.0. The van der Waals surface area contributed by atoms with E-state index in [2.05, 4.69) is 38.3 Å². The summed E-state index contributed by atoms with van der Waals surface area (Å²) in [5, 5.41) is 39.0. The molecule has 5 rings (SSSR count). The number of carbonyl (C=O) groups excluding carboxylic acids is 4. The Morgan fingerprint density at radius 3 is 2.37 bits per heavy atom. The summed E-state index contributed by atoms with van der Waals surface area (Å²) in [6.07, 6.45) is 11.7. The monoisotopic (exact) mass is 845 g/mol. The maximum atomic E-state index is 13.1. The van der Waals surface area contributed by atoms with Crippen molar-refractivity contribution in [1.29, 1.82) is 0 Å². The van der Waals surface area contributed by atoms with E-state index < -0.39 is 47.2 Å². The number of amides is 3. The molecule has 60 heavy (non-hydrogen) atoms. The van der Waals surface area contributed by atoms with Crippen molar-refractivity contribution >= 4 is 29.4 Å². The Balaban J connectivity index is 0.982. The van der Waals surface area contributed by atoms with E-state index in [1.54, 1.807) is 0 Å². The largest absolute Gasteiger partial charge is 0.505 e. The van der Waals surface area contributed by atoms with Crippen LogP contribution in [0.1, 0.15) is 128 Å². The highest BCUT2D eigenvalue weighted by atomic mass is 16.5. The van der Waals surface area contributed by atoms with Gasteiger partial charge in [-0.15, -0.1) is 0 Å². The lowest BCUT2D eigenvalue weighted by molar-refractivity contribution is -0.188. The Kier molecular flexibility index (Phi) is 16.3. The van der Waals surface area contributed by atoms with E-state index in [1.165, 1.54) is 38.5 Å². The molecule has 0 spiro atoms. The Morgan fingerprint density at radius 1 is 0.933 bits per heavy atom. The van der Waals surface area contributed by atoms with Crippen LogP contribution in [0.2, 0.25) is 0 Å². The van der Waals surface area contributed by atoms with Gasteiger partial charge in [0, 0.05) is 6.54 Å². The zero-order valence-corrected chi connectivity index (χ0v) is 36.5. The van der Waals surface area contributed by atoms with Crippen LogP contribution in [0.15, 0.2) is 12.1 Å². The number of methoxy groups -OCH3 is 1. The molecule has 0 unspecified atom stereocenters. The van der Waals surface area contributed by atoms with E-state index in [1.807, 2.05) is 0 Å². The molecule has 0 saturated heterocycles. The molecule has 4 aliphatic rings. The summed E-state index contributed by atoms with van der Waals surface area (Å²) < 4.78 is 21.7. The van der Waals surface area contributed by atoms with Crippen LogP contribution in [0.25, 0.3) is 0 Å².